The predicted octanol–water partition coefficient (Wildman–Crippen LogP) is 5.11. The molecule has 0 fully saturated rings. The molecule has 4 nitrogen and oxygen atoms in total. The zero-order chi connectivity index (χ0) is 18.5. The average Bonchev–Trinajstić information content (AvgIpc) is 2.63. The van der Waals surface area contributed by atoms with Gasteiger partial charge in [0, 0.05) is 19.0 Å². The van der Waals surface area contributed by atoms with Crippen LogP contribution in [0.2, 0.25) is 0 Å². The summed E-state index contributed by atoms with van der Waals surface area (Å²) < 4.78 is 28.7. The number of hydrogen-bond acceptors (Lipinski definition) is 2. The van der Waals surface area contributed by atoms with Crippen molar-refractivity contribution in [1.82, 2.24) is 4.90 Å². The molecule has 0 saturated carbocycles. The number of urea groups is 1. The molecule has 6 heteroatoms. The molecule has 0 saturated heterocycles. The third kappa shape index (κ3) is 4.27. The van der Waals surface area contributed by atoms with Gasteiger partial charge in [0.1, 0.15) is 5.75 Å². The van der Waals surface area contributed by atoms with E-state index in [4.69, 9.17) is 0 Å². The van der Waals surface area contributed by atoms with Gasteiger partial charge in [-0.1, -0.05) is 48.5 Å². The summed E-state index contributed by atoms with van der Waals surface area (Å²) >= 11 is 0. The Hall–Kier alpha value is -3.15. The van der Waals surface area contributed by atoms with E-state index in [1.54, 1.807) is 19.2 Å². The number of amides is 2. The van der Waals surface area contributed by atoms with E-state index in [1.165, 1.54) is 17.0 Å². The molecule has 0 aliphatic heterocycles. The molecule has 2 amide bonds. The van der Waals surface area contributed by atoms with E-state index < -0.39 is 6.61 Å². The summed E-state index contributed by atoms with van der Waals surface area (Å²) in [5.41, 5.74) is 1.54. The largest absolute Gasteiger partial charge is 0.435 e. The number of benzene rings is 3. The maximum atomic E-state index is 12.5. The molecule has 26 heavy (non-hydrogen) atoms. The summed E-state index contributed by atoms with van der Waals surface area (Å²) in [4.78, 5) is 14.0. The number of carbonyl (C=O) groups excluding carboxylic acids is 1. The van der Waals surface area contributed by atoms with Crippen molar-refractivity contribution in [3.8, 4) is 5.75 Å². The number of anilines is 1. The van der Waals surface area contributed by atoms with Crippen molar-refractivity contribution in [3.05, 3.63) is 72.3 Å². The maximum absolute atomic E-state index is 12.5. The number of hydrogen-bond donors (Lipinski definition) is 1. The van der Waals surface area contributed by atoms with E-state index in [-0.39, 0.29) is 11.8 Å². The second kappa shape index (κ2) is 7.82. The Morgan fingerprint density at radius 1 is 1.04 bits per heavy atom. The Balaban J connectivity index is 1.66. The molecule has 0 aromatic heterocycles. The number of halogens is 2. The van der Waals surface area contributed by atoms with Crippen LogP contribution in [0.5, 0.6) is 5.75 Å². The molecule has 0 radical (unpaired) electrons. The molecule has 1 N–H and O–H groups in total. The smallest absolute Gasteiger partial charge is 0.387 e. The van der Waals surface area contributed by atoms with Crippen molar-refractivity contribution in [3.63, 3.8) is 0 Å². The molecule has 3 aromatic carbocycles. The van der Waals surface area contributed by atoms with Crippen molar-refractivity contribution in [2.24, 2.45) is 0 Å². The minimum absolute atomic E-state index is 0.0895. The van der Waals surface area contributed by atoms with Gasteiger partial charge in [0.2, 0.25) is 0 Å². The van der Waals surface area contributed by atoms with Gasteiger partial charge in [-0.2, -0.15) is 8.78 Å². The number of nitrogens with zero attached hydrogens (tertiary/aromatic N) is 1. The van der Waals surface area contributed by atoms with Crippen LogP contribution in [0.1, 0.15) is 5.56 Å². The average molecular weight is 356 g/mol. The van der Waals surface area contributed by atoms with Crippen LogP contribution in [0.3, 0.4) is 0 Å². The fourth-order valence-electron chi connectivity index (χ4n) is 2.67. The standard InChI is InChI=1S/C20H18F2N2O2/c1-24(13-14-9-11-16(12-10-14)26-19(21)22)20(25)23-18-8-4-6-15-5-2-3-7-17(15)18/h2-12,19H,13H2,1H3,(H,23,25). The van der Waals surface area contributed by atoms with Gasteiger partial charge in [-0.25, -0.2) is 4.79 Å². The van der Waals surface area contributed by atoms with Gasteiger partial charge in [-0.3, -0.25) is 0 Å². The first kappa shape index (κ1) is 17.7. The molecule has 0 unspecified atom stereocenters. The first-order valence-electron chi connectivity index (χ1n) is 8.06. The number of ether oxygens (including phenoxy) is 1. The summed E-state index contributed by atoms with van der Waals surface area (Å²) in [7, 11) is 1.67. The van der Waals surface area contributed by atoms with Crippen molar-refractivity contribution in [2.45, 2.75) is 13.2 Å². The quantitative estimate of drug-likeness (QED) is 0.691. The fraction of sp³-hybridized carbons (Fsp3) is 0.150. The summed E-state index contributed by atoms with van der Waals surface area (Å²) in [6.45, 7) is -2.51. The van der Waals surface area contributed by atoms with E-state index in [2.05, 4.69) is 10.1 Å². The lowest BCUT2D eigenvalue weighted by atomic mass is 10.1. The molecular formula is C20H18F2N2O2. The topological polar surface area (TPSA) is 41.6 Å². The lowest BCUT2D eigenvalue weighted by Crippen LogP contribution is -2.30. The van der Waals surface area contributed by atoms with E-state index in [0.717, 1.165) is 22.0 Å². The Labute approximate surface area is 150 Å². The zero-order valence-electron chi connectivity index (χ0n) is 14.2. The van der Waals surface area contributed by atoms with Crippen molar-refractivity contribution < 1.29 is 18.3 Å². The van der Waals surface area contributed by atoms with Gasteiger partial charge >= 0.3 is 12.6 Å². The third-order valence-corrected chi connectivity index (χ3v) is 3.95. The zero-order valence-corrected chi connectivity index (χ0v) is 14.2. The van der Waals surface area contributed by atoms with Crippen LogP contribution < -0.4 is 10.1 Å². The van der Waals surface area contributed by atoms with Gasteiger partial charge in [-0.15, -0.1) is 0 Å². The van der Waals surface area contributed by atoms with Crippen LogP contribution in [-0.4, -0.2) is 24.6 Å². The summed E-state index contributed by atoms with van der Waals surface area (Å²) in [5, 5.41) is 4.91. The molecule has 3 rings (SSSR count). The lowest BCUT2D eigenvalue weighted by Gasteiger charge is -2.19. The van der Waals surface area contributed by atoms with Crippen LogP contribution in [0.25, 0.3) is 10.8 Å². The SMILES string of the molecule is CN(Cc1ccc(OC(F)F)cc1)C(=O)Nc1cccc2ccccc12. The first-order chi connectivity index (χ1) is 12.5. The van der Waals surface area contributed by atoms with E-state index in [1.807, 2.05) is 42.5 Å². The van der Waals surface area contributed by atoms with Gasteiger partial charge in [0.05, 0.1) is 5.69 Å². The van der Waals surface area contributed by atoms with E-state index in [0.29, 0.717) is 6.54 Å². The highest BCUT2D eigenvalue weighted by molar-refractivity contribution is 6.01. The van der Waals surface area contributed by atoms with Gasteiger partial charge in [0.15, 0.2) is 0 Å². The highest BCUT2D eigenvalue weighted by atomic mass is 19.3. The Morgan fingerprint density at radius 3 is 2.46 bits per heavy atom. The number of alkyl halides is 2. The van der Waals surface area contributed by atoms with Crippen LogP contribution in [0.4, 0.5) is 19.3 Å². The second-order valence-corrected chi connectivity index (χ2v) is 5.84. The molecule has 0 spiro atoms. The van der Waals surface area contributed by atoms with Crippen LogP contribution in [0, 0.1) is 0 Å². The van der Waals surface area contributed by atoms with Gasteiger partial charge < -0.3 is 15.0 Å². The summed E-state index contributed by atoms with van der Waals surface area (Å²) in [5.74, 6) is 0.0895. The van der Waals surface area contributed by atoms with E-state index >= 15 is 0 Å². The summed E-state index contributed by atoms with van der Waals surface area (Å²) in [6.07, 6.45) is 0. The fourth-order valence-corrected chi connectivity index (χ4v) is 2.67. The number of carbonyl (C=O) groups is 1. The minimum Gasteiger partial charge on any atom is -0.435 e. The van der Waals surface area contributed by atoms with Gasteiger partial charge in [-0.05, 0) is 29.1 Å². The molecule has 0 aliphatic carbocycles. The Kier molecular flexibility index (Phi) is 5.31. The second-order valence-electron chi connectivity index (χ2n) is 5.84. The third-order valence-electron chi connectivity index (χ3n) is 3.95. The molecular weight excluding hydrogens is 338 g/mol. The Morgan fingerprint density at radius 2 is 1.73 bits per heavy atom. The first-order valence-corrected chi connectivity index (χ1v) is 8.06. The molecule has 134 valence electrons. The molecule has 0 bridgehead atoms. The predicted molar refractivity (Wildman–Crippen MR) is 97.5 cm³/mol. The highest BCUT2D eigenvalue weighted by Gasteiger charge is 2.11. The maximum Gasteiger partial charge on any atom is 0.387 e. The van der Waals surface area contributed by atoms with Crippen LogP contribution in [0.15, 0.2) is 66.7 Å². The number of nitrogens with one attached hydrogen (secondary N) is 1. The number of fused-ring (bicyclic) bond motifs is 1. The van der Waals surface area contributed by atoms with Crippen LogP contribution in [-0.2, 0) is 6.54 Å². The molecule has 0 atom stereocenters. The van der Waals surface area contributed by atoms with Crippen molar-refractivity contribution in [2.75, 3.05) is 12.4 Å². The normalized spacial score (nSPS) is 10.8. The molecule has 0 heterocycles. The highest BCUT2D eigenvalue weighted by Crippen LogP contribution is 2.23. The lowest BCUT2D eigenvalue weighted by molar-refractivity contribution is -0.0498. The van der Waals surface area contributed by atoms with E-state index in [9.17, 15) is 13.6 Å². The van der Waals surface area contributed by atoms with Crippen molar-refractivity contribution >= 4 is 22.5 Å². The van der Waals surface area contributed by atoms with Gasteiger partial charge in [0.25, 0.3) is 0 Å². The van der Waals surface area contributed by atoms with Crippen LogP contribution >= 0.6 is 0 Å². The number of rotatable bonds is 5. The van der Waals surface area contributed by atoms with Crippen molar-refractivity contribution in [1.29, 1.82) is 0 Å². The Bertz CT molecular complexity index is 892. The summed E-state index contributed by atoms with van der Waals surface area (Å²) in [6, 6.07) is 19.5. The monoisotopic (exact) mass is 356 g/mol. The molecule has 3 aromatic rings. The molecule has 0 aliphatic rings. The minimum atomic E-state index is -2.85.